The van der Waals surface area contributed by atoms with Gasteiger partial charge >= 0.3 is 5.97 Å². The summed E-state index contributed by atoms with van der Waals surface area (Å²) in [5, 5.41) is 8.16. The van der Waals surface area contributed by atoms with E-state index in [4.69, 9.17) is 10.8 Å². The molecule has 0 aliphatic carbocycles. The first-order chi connectivity index (χ1) is 3.66. The molecule has 0 aliphatic heterocycles. The number of hydrogen-bond donors (Lipinski definition) is 2. The van der Waals surface area contributed by atoms with Crippen LogP contribution >= 0.6 is 12.4 Å². The maximum absolute atomic E-state index is 9.91. The Morgan fingerprint density at radius 1 is 1.78 bits per heavy atom. The third-order valence-electron chi connectivity index (χ3n) is 0.925. The first-order valence-corrected chi connectivity index (χ1v) is 2.58. The van der Waals surface area contributed by atoms with Crippen LogP contribution in [0.4, 0.5) is 0 Å². The van der Waals surface area contributed by atoms with E-state index in [2.05, 4.69) is 0 Å². The minimum atomic E-state index is -0.775. The number of hydrogen-bond acceptors (Lipinski definition) is 2. The molecule has 3 N–H and O–H groups in total. The Hall–Kier alpha value is -0.280. The molecule has 0 aromatic heterocycles. The van der Waals surface area contributed by atoms with Crippen LogP contribution in [-0.2, 0) is 4.79 Å². The molecule has 0 fully saturated rings. The van der Waals surface area contributed by atoms with Gasteiger partial charge in [0.1, 0.15) is 0 Å². The van der Waals surface area contributed by atoms with Gasteiger partial charge in [-0.15, -0.1) is 12.4 Å². The monoisotopic (exact) mass is 153 g/mol. The maximum atomic E-state index is 9.91. The molecular formula is C5H12ClNO2. The van der Waals surface area contributed by atoms with Crippen LogP contribution in [0.3, 0.4) is 0 Å². The number of nitrogens with two attached hydrogens (primary N) is 1. The molecule has 0 aliphatic rings. The van der Waals surface area contributed by atoms with Gasteiger partial charge in [0, 0.05) is 6.42 Å². The van der Waals surface area contributed by atoms with Crippen LogP contribution in [0.5, 0.6) is 0 Å². The second kappa shape index (κ2) is 5.85. The van der Waals surface area contributed by atoms with Crippen molar-refractivity contribution in [1.29, 1.82) is 0 Å². The molecule has 0 radical (unpaired) electrons. The zero-order chi connectivity index (χ0) is 6.57. The third kappa shape index (κ3) is 7.72. The minimum absolute atomic E-state index is 0. The van der Waals surface area contributed by atoms with E-state index in [1.54, 1.807) is 0 Å². The zero-order valence-corrected chi connectivity index (χ0v) is 6.15. The van der Waals surface area contributed by atoms with Gasteiger partial charge in [-0.3, -0.25) is 4.79 Å². The highest BCUT2D eigenvalue weighted by Crippen LogP contribution is 1.96. The van der Waals surface area contributed by atoms with Crippen LogP contribution < -0.4 is 5.73 Å². The summed E-state index contributed by atoms with van der Waals surface area (Å²) in [4.78, 5) is 9.91. The highest BCUT2D eigenvalue weighted by atomic mass is 35.5. The Balaban J connectivity index is 0. The quantitative estimate of drug-likeness (QED) is 0.620. The van der Waals surface area contributed by atoms with Crippen molar-refractivity contribution in [2.75, 3.05) is 6.54 Å². The van der Waals surface area contributed by atoms with Crippen LogP contribution in [-0.4, -0.2) is 17.6 Å². The first kappa shape index (κ1) is 11.5. The van der Waals surface area contributed by atoms with Crippen LogP contribution in [0, 0.1) is 5.92 Å². The summed E-state index contributed by atoms with van der Waals surface area (Å²) < 4.78 is 0. The molecule has 0 rings (SSSR count). The van der Waals surface area contributed by atoms with E-state index in [1.807, 2.05) is 6.92 Å². The molecule has 0 aromatic carbocycles. The van der Waals surface area contributed by atoms with E-state index in [0.29, 0.717) is 6.54 Å². The van der Waals surface area contributed by atoms with Crippen molar-refractivity contribution in [2.24, 2.45) is 11.7 Å². The predicted octanol–water partition coefficient (Wildman–Crippen LogP) is 0.478. The lowest BCUT2D eigenvalue weighted by Gasteiger charge is -2.00. The van der Waals surface area contributed by atoms with Gasteiger partial charge in [-0.25, -0.2) is 0 Å². The number of carboxylic acid groups (broad SMARTS) is 1. The standard InChI is InChI=1S/C5H11NO2.ClH/c1-4(3-6)2-5(7)8;/h4H,2-3,6H2,1H3,(H,7,8);1H/t4-;/m1./s1. The Kier molecular flexibility index (Phi) is 7.48. The van der Waals surface area contributed by atoms with Crippen LogP contribution in [0.1, 0.15) is 13.3 Å². The molecule has 0 saturated heterocycles. The third-order valence-corrected chi connectivity index (χ3v) is 0.925. The first-order valence-electron chi connectivity index (χ1n) is 2.58. The number of carbonyl (C=O) groups is 1. The van der Waals surface area contributed by atoms with Gasteiger partial charge in [0.15, 0.2) is 0 Å². The van der Waals surface area contributed by atoms with E-state index in [9.17, 15) is 4.79 Å². The molecule has 3 nitrogen and oxygen atoms in total. The second-order valence-electron chi connectivity index (χ2n) is 1.94. The summed E-state index contributed by atoms with van der Waals surface area (Å²) in [6.07, 6.45) is 0.177. The lowest BCUT2D eigenvalue weighted by molar-refractivity contribution is -0.137. The number of carboxylic acids is 1. The van der Waals surface area contributed by atoms with Gasteiger partial charge in [-0.2, -0.15) is 0 Å². The molecule has 9 heavy (non-hydrogen) atoms. The van der Waals surface area contributed by atoms with E-state index >= 15 is 0 Å². The SMILES string of the molecule is C[C@@H](CN)CC(=O)O.Cl. The van der Waals surface area contributed by atoms with Crippen molar-refractivity contribution in [2.45, 2.75) is 13.3 Å². The predicted molar refractivity (Wildman–Crippen MR) is 37.7 cm³/mol. The van der Waals surface area contributed by atoms with E-state index < -0.39 is 5.97 Å². The van der Waals surface area contributed by atoms with Crippen molar-refractivity contribution in [3.63, 3.8) is 0 Å². The average Bonchev–Trinajstić information content (AvgIpc) is 1.65. The van der Waals surface area contributed by atoms with Crippen LogP contribution in [0.15, 0.2) is 0 Å². The molecule has 0 saturated carbocycles. The van der Waals surface area contributed by atoms with E-state index in [-0.39, 0.29) is 24.7 Å². The Morgan fingerprint density at radius 3 is 2.33 bits per heavy atom. The van der Waals surface area contributed by atoms with Crippen molar-refractivity contribution < 1.29 is 9.90 Å². The minimum Gasteiger partial charge on any atom is -0.481 e. The van der Waals surface area contributed by atoms with Crippen molar-refractivity contribution in [3.8, 4) is 0 Å². The van der Waals surface area contributed by atoms with Crippen molar-refractivity contribution in [3.05, 3.63) is 0 Å². The Bertz CT molecular complexity index is 87.0. The largest absolute Gasteiger partial charge is 0.481 e. The van der Waals surface area contributed by atoms with Crippen molar-refractivity contribution in [1.82, 2.24) is 0 Å². The lowest BCUT2D eigenvalue weighted by Crippen LogP contribution is -2.14. The molecule has 0 heterocycles. The fraction of sp³-hybridized carbons (Fsp3) is 0.800. The van der Waals surface area contributed by atoms with Crippen LogP contribution in [0.2, 0.25) is 0 Å². The van der Waals surface area contributed by atoms with Gasteiger partial charge < -0.3 is 10.8 Å². The Morgan fingerprint density at radius 2 is 2.22 bits per heavy atom. The number of rotatable bonds is 3. The normalized spacial score (nSPS) is 11.8. The number of aliphatic carboxylic acids is 1. The van der Waals surface area contributed by atoms with Gasteiger partial charge in [-0.05, 0) is 12.5 Å². The maximum Gasteiger partial charge on any atom is 0.303 e. The molecule has 4 heteroatoms. The summed E-state index contributed by atoms with van der Waals surface area (Å²) in [5.41, 5.74) is 5.16. The number of halogens is 1. The van der Waals surface area contributed by atoms with E-state index in [1.165, 1.54) is 0 Å². The molecule has 0 amide bonds. The van der Waals surface area contributed by atoms with Crippen molar-refractivity contribution >= 4 is 18.4 Å². The van der Waals surface area contributed by atoms with Gasteiger partial charge in [0.25, 0.3) is 0 Å². The molecule has 56 valence electrons. The topological polar surface area (TPSA) is 63.3 Å². The molecule has 0 bridgehead atoms. The molecule has 0 aromatic rings. The zero-order valence-electron chi connectivity index (χ0n) is 5.33. The van der Waals surface area contributed by atoms with Gasteiger partial charge in [0.05, 0.1) is 0 Å². The fourth-order valence-electron chi connectivity index (χ4n) is 0.381. The second-order valence-corrected chi connectivity index (χ2v) is 1.94. The Labute approximate surface area is 60.6 Å². The molecule has 1 atom stereocenters. The average molecular weight is 154 g/mol. The van der Waals surface area contributed by atoms with Gasteiger partial charge in [-0.1, -0.05) is 6.92 Å². The smallest absolute Gasteiger partial charge is 0.303 e. The lowest BCUT2D eigenvalue weighted by atomic mass is 10.1. The molecule has 0 unspecified atom stereocenters. The summed E-state index contributed by atoms with van der Waals surface area (Å²) in [7, 11) is 0. The summed E-state index contributed by atoms with van der Waals surface area (Å²) in [6, 6.07) is 0. The summed E-state index contributed by atoms with van der Waals surface area (Å²) >= 11 is 0. The molecular weight excluding hydrogens is 142 g/mol. The van der Waals surface area contributed by atoms with Crippen LogP contribution in [0.25, 0.3) is 0 Å². The highest BCUT2D eigenvalue weighted by molar-refractivity contribution is 5.85. The highest BCUT2D eigenvalue weighted by Gasteiger charge is 2.03. The fourth-order valence-corrected chi connectivity index (χ4v) is 0.381. The summed E-state index contributed by atoms with van der Waals surface area (Å²) in [5.74, 6) is -0.671. The summed E-state index contributed by atoms with van der Waals surface area (Å²) in [6.45, 7) is 2.26. The van der Waals surface area contributed by atoms with Gasteiger partial charge in [0.2, 0.25) is 0 Å². The van der Waals surface area contributed by atoms with E-state index in [0.717, 1.165) is 0 Å². The molecule has 0 spiro atoms.